The molecule has 2 aliphatic rings. The highest BCUT2D eigenvalue weighted by Crippen LogP contribution is 2.29. The summed E-state index contributed by atoms with van der Waals surface area (Å²) in [5.74, 6) is -1.28. The van der Waals surface area contributed by atoms with E-state index in [0.717, 1.165) is 43.1 Å². The molecule has 8 nitrogen and oxygen atoms in total. The van der Waals surface area contributed by atoms with Crippen LogP contribution >= 0.6 is 11.6 Å². The van der Waals surface area contributed by atoms with Crippen LogP contribution in [0.2, 0.25) is 5.02 Å². The molecule has 0 spiro atoms. The Labute approximate surface area is 204 Å². The Bertz CT molecular complexity index is 1090. The molecule has 1 aromatic carbocycles. The summed E-state index contributed by atoms with van der Waals surface area (Å²) in [5.41, 5.74) is 2.85. The number of benzene rings is 1. The third kappa shape index (κ3) is 5.13. The first-order valence-corrected chi connectivity index (χ1v) is 12.2. The number of hydrogen-bond donors (Lipinski definition) is 2. The first-order valence-electron chi connectivity index (χ1n) is 11.8. The van der Waals surface area contributed by atoms with Gasteiger partial charge in [0.25, 0.3) is 0 Å². The van der Waals surface area contributed by atoms with Crippen LogP contribution in [0.1, 0.15) is 54.2 Å². The van der Waals surface area contributed by atoms with Crippen molar-refractivity contribution < 1.29 is 19.5 Å². The summed E-state index contributed by atoms with van der Waals surface area (Å²) >= 11 is 6.14. The average molecular weight is 487 g/mol. The summed E-state index contributed by atoms with van der Waals surface area (Å²) in [5, 5.41) is 13.0. The zero-order valence-corrected chi connectivity index (χ0v) is 20.3. The lowest BCUT2D eigenvalue weighted by Gasteiger charge is -2.39. The maximum absolute atomic E-state index is 13.1. The molecule has 1 atom stereocenters. The van der Waals surface area contributed by atoms with Gasteiger partial charge in [-0.2, -0.15) is 0 Å². The van der Waals surface area contributed by atoms with Gasteiger partial charge in [0.1, 0.15) is 11.7 Å². The van der Waals surface area contributed by atoms with E-state index in [1.165, 1.54) is 11.6 Å². The largest absolute Gasteiger partial charge is 0.477 e. The van der Waals surface area contributed by atoms with Crippen LogP contribution in [0, 0.1) is 6.92 Å². The number of nitrogens with zero attached hydrogens (tertiary/aromatic N) is 3. The molecule has 4 rings (SSSR count). The first kappa shape index (κ1) is 24.3. The van der Waals surface area contributed by atoms with E-state index in [2.05, 4.69) is 16.3 Å². The highest BCUT2D eigenvalue weighted by molar-refractivity contribution is 6.31. The maximum Gasteiger partial charge on any atom is 0.352 e. The molecule has 2 aliphatic heterocycles. The number of carbonyl (C=O) groups excluding carboxylic acids is 2. The number of likely N-dealkylation sites (tertiary alicyclic amines) is 2. The molecule has 0 saturated carbocycles. The third-order valence-electron chi connectivity index (χ3n) is 6.86. The summed E-state index contributed by atoms with van der Waals surface area (Å²) in [4.78, 5) is 41.3. The quantitative estimate of drug-likeness (QED) is 0.621. The average Bonchev–Trinajstić information content (AvgIpc) is 3.40. The van der Waals surface area contributed by atoms with Gasteiger partial charge in [0.2, 0.25) is 11.8 Å². The second kappa shape index (κ2) is 10.2. The van der Waals surface area contributed by atoms with Crippen molar-refractivity contribution in [1.29, 1.82) is 0 Å². The minimum atomic E-state index is -1.04. The molecule has 2 fully saturated rings. The highest BCUT2D eigenvalue weighted by Gasteiger charge is 2.41. The number of aromatic nitrogens is 1. The molecule has 34 heavy (non-hydrogen) atoms. The Morgan fingerprint density at radius 2 is 1.91 bits per heavy atom. The Kier molecular flexibility index (Phi) is 7.28. The lowest BCUT2D eigenvalue weighted by molar-refractivity contribution is -0.136. The van der Waals surface area contributed by atoms with Crippen LogP contribution < -0.4 is 5.32 Å². The molecule has 0 bridgehead atoms. The van der Waals surface area contributed by atoms with Crippen LogP contribution in [-0.4, -0.2) is 62.4 Å². The van der Waals surface area contributed by atoms with Crippen molar-refractivity contribution in [1.82, 2.24) is 14.4 Å². The van der Waals surface area contributed by atoms with Gasteiger partial charge in [-0.15, -0.1) is 0 Å². The van der Waals surface area contributed by atoms with E-state index in [1.807, 2.05) is 26.0 Å². The number of carboxylic acids is 1. The number of piperidine rings is 1. The minimum absolute atomic E-state index is 0.0179. The van der Waals surface area contributed by atoms with Crippen molar-refractivity contribution in [2.45, 2.75) is 64.7 Å². The van der Waals surface area contributed by atoms with Gasteiger partial charge in [-0.05, 0) is 56.4 Å². The zero-order valence-electron chi connectivity index (χ0n) is 19.6. The monoisotopic (exact) mass is 486 g/mol. The van der Waals surface area contributed by atoms with Gasteiger partial charge in [-0.3, -0.25) is 14.5 Å². The molecule has 0 radical (unpaired) electrons. The maximum atomic E-state index is 13.1. The van der Waals surface area contributed by atoms with Crippen LogP contribution in [0.4, 0.5) is 5.69 Å². The van der Waals surface area contributed by atoms with E-state index in [9.17, 15) is 19.5 Å². The Balaban J connectivity index is 1.37. The summed E-state index contributed by atoms with van der Waals surface area (Å²) in [7, 11) is 0. The molecule has 2 aromatic rings. The number of aromatic carboxylic acids is 1. The van der Waals surface area contributed by atoms with Gasteiger partial charge in [-0.1, -0.05) is 23.7 Å². The summed E-state index contributed by atoms with van der Waals surface area (Å²) in [6.45, 7) is 6.87. The van der Waals surface area contributed by atoms with E-state index in [4.69, 9.17) is 11.6 Å². The summed E-state index contributed by atoms with van der Waals surface area (Å²) in [6.07, 6.45) is 4.10. The number of halogens is 1. The number of amides is 2. The molecule has 2 amide bonds. The van der Waals surface area contributed by atoms with Crippen LogP contribution in [-0.2, 0) is 22.7 Å². The smallest absolute Gasteiger partial charge is 0.352 e. The summed E-state index contributed by atoms with van der Waals surface area (Å²) in [6, 6.07) is 7.05. The topological polar surface area (TPSA) is 94.9 Å². The number of carbonyl (C=O) groups is 3. The van der Waals surface area contributed by atoms with Crippen molar-refractivity contribution >= 4 is 35.1 Å². The zero-order chi connectivity index (χ0) is 24.4. The molecule has 2 saturated heterocycles. The van der Waals surface area contributed by atoms with Crippen molar-refractivity contribution in [2.24, 2.45) is 0 Å². The molecule has 182 valence electrons. The Hall–Kier alpha value is -2.84. The van der Waals surface area contributed by atoms with Crippen molar-refractivity contribution in [3.63, 3.8) is 0 Å². The lowest BCUT2D eigenvalue weighted by Crippen LogP contribution is -2.51. The SMILES string of the molecule is CCn1cc(NC(=O)C2CCC(=O)N2C2CCN(Cc3ccc(Cl)c(C)c3)CC2)cc1C(=O)O. The number of anilines is 1. The number of rotatable bonds is 7. The molecular weight excluding hydrogens is 456 g/mol. The predicted molar refractivity (Wildman–Crippen MR) is 130 cm³/mol. The number of carboxylic acid groups (broad SMARTS) is 1. The normalized spacial score (nSPS) is 19.6. The van der Waals surface area contributed by atoms with E-state index >= 15 is 0 Å². The fourth-order valence-corrected chi connectivity index (χ4v) is 5.20. The summed E-state index contributed by atoms with van der Waals surface area (Å²) < 4.78 is 1.58. The molecule has 1 aromatic heterocycles. The predicted octanol–water partition coefficient (Wildman–Crippen LogP) is 3.76. The van der Waals surface area contributed by atoms with Gasteiger partial charge in [0, 0.05) is 49.9 Å². The van der Waals surface area contributed by atoms with E-state index in [1.54, 1.807) is 15.7 Å². The van der Waals surface area contributed by atoms with Crippen molar-refractivity contribution in [3.8, 4) is 0 Å². The van der Waals surface area contributed by atoms with Gasteiger partial charge in [0.15, 0.2) is 0 Å². The second-order valence-electron chi connectivity index (χ2n) is 9.14. The third-order valence-corrected chi connectivity index (χ3v) is 7.29. The molecule has 2 N–H and O–H groups in total. The number of aryl methyl sites for hydroxylation is 2. The van der Waals surface area contributed by atoms with Gasteiger partial charge >= 0.3 is 5.97 Å². The van der Waals surface area contributed by atoms with Gasteiger partial charge in [-0.25, -0.2) is 4.79 Å². The van der Waals surface area contributed by atoms with E-state index < -0.39 is 12.0 Å². The fraction of sp³-hybridized carbons (Fsp3) is 0.480. The number of nitrogens with one attached hydrogen (secondary N) is 1. The second-order valence-corrected chi connectivity index (χ2v) is 9.55. The van der Waals surface area contributed by atoms with Crippen LogP contribution in [0.25, 0.3) is 0 Å². The van der Waals surface area contributed by atoms with Crippen LogP contribution in [0.3, 0.4) is 0 Å². The highest BCUT2D eigenvalue weighted by atomic mass is 35.5. The molecule has 0 aliphatic carbocycles. The molecule has 1 unspecified atom stereocenters. The number of hydrogen-bond acceptors (Lipinski definition) is 4. The van der Waals surface area contributed by atoms with Crippen LogP contribution in [0.15, 0.2) is 30.5 Å². The van der Waals surface area contributed by atoms with Gasteiger partial charge in [0.05, 0.1) is 5.69 Å². The Morgan fingerprint density at radius 1 is 1.18 bits per heavy atom. The minimum Gasteiger partial charge on any atom is -0.477 e. The van der Waals surface area contributed by atoms with E-state index in [-0.39, 0.29) is 23.6 Å². The van der Waals surface area contributed by atoms with Crippen molar-refractivity contribution in [2.75, 3.05) is 18.4 Å². The molecule has 3 heterocycles. The standard InChI is InChI=1S/C25H31ClN4O4/c1-3-29-15-18(13-22(29)25(33)34)27-24(32)21-6-7-23(31)30(21)19-8-10-28(11-9-19)14-17-4-5-20(26)16(2)12-17/h4-5,12-13,15,19,21H,3,6-11,14H2,1-2H3,(H,27,32)(H,33,34). The van der Waals surface area contributed by atoms with Gasteiger partial charge < -0.3 is 19.9 Å². The fourth-order valence-electron chi connectivity index (χ4n) is 5.08. The molecule has 9 heteroatoms. The lowest BCUT2D eigenvalue weighted by atomic mass is 10.0. The van der Waals surface area contributed by atoms with Crippen LogP contribution in [0.5, 0.6) is 0 Å². The Morgan fingerprint density at radius 3 is 2.53 bits per heavy atom. The first-order chi connectivity index (χ1) is 16.3. The van der Waals surface area contributed by atoms with E-state index in [0.29, 0.717) is 25.1 Å². The van der Waals surface area contributed by atoms with Crippen molar-refractivity contribution in [3.05, 3.63) is 52.3 Å². The molecular formula is C25H31ClN4O4.